The van der Waals surface area contributed by atoms with Crippen LogP contribution in [0, 0.1) is 5.41 Å². The van der Waals surface area contributed by atoms with E-state index in [0.29, 0.717) is 18.3 Å². The second kappa shape index (κ2) is 6.30. The normalized spacial score (nSPS) is 26.0. The third-order valence-corrected chi connectivity index (χ3v) is 5.40. The molecule has 1 aromatic rings. The fourth-order valence-electron chi connectivity index (χ4n) is 4.02. The van der Waals surface area contributed by atoms with Gasteiger partial charge in [0.25, 0.3) is 0 Å². The smallest absolute Gasteiger partial charge is 0.231 e. The Morgan fingerprint density at radius 2 is 2.04 bits per heavy atom. The van der Waals surface area contributed by atoms with Crippen molar-refractivity contribution >= 4 is 0 Å². The number of benzene rings is 1. The predicted molar refractivity (Wildman–Crippen MR) is 85.7 cm³/mol. The molecule has 1 atom stereocenters. The molecule has 1 aromatic carbocycles. The molecule has 1 unspecified atom stereocenters. The SMILES string of the molecule is COCC1CC2(CCN(Cc3ccc4c(c3)OCO4)CC2)CO1. The van der Waals surface area contributed by atoms with Gasteiger partial charge in [0.2, 0.25) is 6.79 Å². The Kier molecular flexibility index (Phi) is 4.18. The van der Waals surface area contributed by atoms with Crippen LogP contribution in [0.5, 0.6) is 11.5 Å². The number of piperidine rings is 1. The Morgan fingerprint density at radius 3 is 2.87 bits per heavy atom. The van der Waals surface area contributed by atoms with Crippen molar-refractivity contribution in [2.75, 3.05) is 40.2 Å². The van der Waals surface area contributed by atoms with Crippen molar-refractivity contribution in [3.8, 4) is 11.5 Å². The van der Waals surface area contributed by atoms with Gasteiger partial charge in [-0.1, -0.05) is 6.07 Å². The maximum atomic E-state index is 5.92. The van der Waals surface area contributed by atoms with Crippen LogP contribution >= 0.6 is 0 Å². The van der Waals surface area contributed by atoms with E-state index >= 15 is 0 Å². The van der Waals surface area contributed by atoms with Crippen LogP contribution in [0.25, 0.3) is 0 Å². The van der Waals surface area contributed by atoms with Gasteiger partial charge in [-0.05, 0) is 55.5 Å². The van der Waals surface area contributed by atoms with Gasteiger partial charge in [-0.3, -0.25) is 4.90 Å². The molecule has 4 rings (SSSR count). The summed E-state index contributed by atoms with van der Waals surface area (Å²) in [6.07, 6.45) is 3.88. The Hall–Kier alpha value is -1.30. The molecule has 1 spiro atoms. The van der Waals surface area contributed by atoms with E-state index in [1.165, 1.54) is 18.4 Å². The first kappa shape index (κ1) is 15.2. The molecule has 0 saturated carbocycles. The fraction of sp³-hybridized carbons (Fsp3) is 0.667. The first-order chi connectivity index (χ1) is 11.3. The van der Waals surface area contributed by atoms with Gasteiger partial charge in [0, 0.05) is 13.7 Å². The zero-order chi connectivity index (χ0) is 15.7. The summed E-state index contributed by atoms with van der Waals surface area (Å²) in [7, 11) is 1.75. The quantitative estimate of drug-likeness (QED) is 0.852. The molecule has 2 fully saturated rings. The van der Waals surface area contributed by atoms with Crippen molar-refractivity contribution in [2.24, 2.45) is 5.41 Å². The van der Waals surface area contributed by atoms with Crippen LogP contribution in [0.3, 0.4) is 0 Å². The lowest BCUT2D eigenvalue weighted by Crippen LogP contribution is -2.40. The van der Waals surface area contributed by atoms with E-state index in [1.807, 2.05) is 6.07 Å². The minimum atomic E-state index is 0.292. The van der Waals surface area contributed by atoms with Gasteiger partial charge < -0.3 is 18.9 Å². The molecule has 5 nitrogen and oxygen atoms in total. The molecular formula is C18H25NO4. The third-order valence-electron chi connectivity index (χ3n) is 5.40. The highest BCUT2D eigenvalue weighted by molar-refractivity contribution is 5.44. The molecule has 0 bridgehead atoms. The molecule has 0 aliphatic carbocycles. The summed E-state index contributed by atoms with van der Waals surface area (Å²) in [5.74, 6) is 1.74. The highest BCUT2D eigenvalue weighted by atomic mass is 16.7. The Labute approximate surface area is 137 Å². The lowest BCUT2D eigenvalue weighted by molar-refractivity contribution is 0.0284. The monoisotopic (exact) mass is 319 g/mol. The van der Waals surface area contributed by atoms with Crippen LogP contribution in [0.2, 0.25) is 0 Å². The molecule has 2 saturated heterocycles. The molecule has 23 heavy (non-hydrogen) atoms. The van der Waals surface area contributed by atoms with E-state index in [0.717, 1.165) is 50.8 Å². The number of ether oxygens (including phenoxy) is 4. The lowest BCUT2D eigenvalue weighted by Gasteiger charge is -2.38. The van der Waals surface area contributed by atoms with Gasteiger partial charge in [0.1, 0.15) is 0 Å². The zero-order valence-electron chi connectivity index (χ0n) is 13.8. The number of hydrogen-bond acceptors (Lipinski definition) is 5. The Balaban J connectivity index is 1.32. The summed E-state index contributed by atoms with van der Waals surface area (Å²) < 4.78 is 22.0. The summed E-state index contributed by atoms with van der Waals surface area (Å²) in [5.41, 5.74) is 1.68. The molecule has 3 heterocycles. The summed E-state index contributed by atoms with van der Waals surface area (Å²) in [6.45, 7) is 5.22. The molecule has 126 valence electrons. The second-order valence-corrected chi connectivity index (χ2v) is 7.06. The summed E-state index contributed by atoms with van der Waals surface area (Å²) in [5, 5.41) is 0. The van der Waals surface area contributed by atoms with Crippen LogP contribution in [-0.4, -0.2) is 51.2 Å². The van der Waals surface area contributed by atoms with E-state index in [4.69, 9.17) is 18.9 Å². The number of fused-ring (bicyclic) bond motifs is 1. The summed E-state index contributed by atoms with van der Waals surface area (Å²) in [4.78, 5) is 2.53. The van der Waals surface area contributed by atoms with Crippen LogP contribution in [0.1, 0.15) is 24.8 Å². The Morgan fingerprint density at radius 1 is 1.22 bits per heavy atom. The average molecular weight is 319 g/mol. The van der Waals surface area contributed by atoms with Crippen molar-refractivity contribution < 1.29 is 18.9 Å². The van der Waals surface area contributed by atoms with Crippen LogP contribution in [0.15, 0.2) is 18.2 Å². The van der Waals surface area contributed by atoms with Crippen LogP contribution < -0.4 is 9.47 Å². The average Bonchev–Trinajstić information content (AvgIpc) is 3.17. The zero-order valence-corrected chi connectivity index (χ0v) is 13.8. The van der Waals surface area contributed by atoms with Crippen molar-refractivity contribution in [3.05, 3.63) is 23.8 Å². The van der Waals surface area contributed by atoms with Gasteiger partial charge in [-0.25, -0.2) is 0 Å². The predicted octanol–water partition coefficient (Wildman–Crippen LogP) is 2.43. The highest BCUT2D eigenvalue weighted by Crippen LogP contribution is 2.42. The van der Waals surface area contributed by atoms with Gasteiger partial charge >= 0.3 is 0 Å². The van der Waals surface area contributed by atoms with Gasteiger partial charge in [0.15, 0.2) is 11.5 Å². The van der Waals surface area contributed by atoms with E-state index in [1.54, 1.807) is 7.11 Å². The van der Waals surface area contributed by atoms with Gasteiger partial charge in [0.05, 0.1) is 19.3 Å². The minimum absolute atomic E-state index is 0.292. The van der Waals surface area contributed by atoms with E-state index in [-0.39, 0.29) is 0 Å². The molecular weight excluding hydrogens is 294 g/mol. The lowest BCUT2D eigenvalue weighted by atomic mass is 9.76. The Bertz CT molecular complexity index is 554. The molecule has 0 radical (unpaired) electrons. The summed E-state index contributed by atoms with van der Waals surface area (Å²) >= 11 is 0. The maximum absolute atomic E-state index is 5.92. The molecule has 3 aliphatic heterocycles. The number of nitrogens with zero attached hydrogens (tertiary/aromatic N) is 1. The second-order valence-electron chi connectivity index (χ2n) is 7.06. The topological polar surface area (TPSA) is 40.2 Å². The van der Waals surface area contributed by atoms with Crippen LogP contribution in [-0.2, 0) is 16.0 Å². The fourth-order valence-corrected chi connectivity index (χ4v) is 4.02. The minimum Gasteiger partial charge on any atom is -0.454 e. The first-order valence-electron chi connectivity index (χ1n) is 8.48. The molecule has 0 aromatic heterocycles. The third kappa shape index (κ3) is 3.18. The van der Waals surface area contributed by atoms with Crippen molar-refractivity contribution in [3.63, 3.8) is 0 Å². The van der Waals surface area contributed by atoms with Crippen LogP contribution in [0.4, 0.5) is 0 Å². The number of likely N-dealkylation sites (tertiary alicyclic amines) is 1. The largest absolute Gasteiger partial charge is 0.454 e. The van der Waals surface area contributed by atoms with E-state index in [9.17, 15) is 0 Å². The van der Waals surface area contributed by atoms with Gasteiger partial charge in [-0.15, -0.1) is 0 Å². The number of methoxy groups -OCH3 is 1. The van der Waals surface area contributed by atoms with Crippen molar-refractivity contribution in [2.45, 2.75) is 31.9 Å². The number of hydrogen-bond donors (Lipinski definition) is 0. The van der Waals surface area contributed by atoms with E-state index < -0.39 is 0 Å². The van der Waals surface area contributed by atoms with Crippen molar-refractivity contribution in [1.29, 1.82) is 0 Å². The summed E-state index contributed by atoms with van der Waals surface area (Å²) in [6, 6.07) is 6.27. The highest BCUT2D eigenvalue weighted by Gasteiger charge is 2.42. The molecule has 3 aliphatic rings. The molecule has 0 amide bonds. The standard InChI is InChI=1S/C18H25NO4/c1-20-11-15-9-18(12-21-15)4-6-19(7-5-18)10-14-2-3-16-17(8-14)23-13-22-16/h2-3,8,15H,4-7,9-13H2,1H3. The maximum Gasteiger partial charge on any atom is 0.231 e. The number of rotatable bonds is 4. The van der Waals surface area contributed by atoms with E-state index in [2.05, 4.69) is 17.0 Å². The van der Waals surface area contributed by atoms with Gasteiger partial charge in [-0.2, -0.15) is 0 Å². The first-order valence-corrected chi connectivity index (χ1v) is 8.48. The molecule has 5 heteroatoms. The van der Waals surface area contributed by atoms with Crippen molar-refractivity contribution in [1.82, 2.24) is 4.90 Å². The molecule has 0 N–H and O–H groups in total.